The number of benzene rings is 1. The molecule has 0 spiro atoms. The first kappa shape index (κ1) is 17.6. The minimum Gasteiger partial charge on any atom is -0.344 e. The number of amides is 1. The highest BCUT2D eigenvalue weighted by Crippen LogP contribution is 2.15. The van der Waals surface area contributed by atoms with Crippen molar-refractivity contribution in [3.05, 3.63) is 46.0 Å². The molecule has 124 valence electrons. The molecule has 23 heavy (non-hydrogen) atoms. The van der Waals surface area contributed by atoms with E-state index in [4.69, 9.17) is 4.52 Å². The largest absolute Gasteiger partial charge is 0.344 e. The third-order valence-electron chi connectivity index (χ3n) is 2.92. The Kier molecular flexibility index (Phi) is 5.53. The maximum absolute atomic E-state index is 12.1. The number of halogens is 1. The van der Waals surface area contributed by atoms with Crippen molar-refractivity contribution in [3.63, 3.8) is 0 Å². The van der Waals surface area contributed by atoms with Crippen LogP contribution < -0.4 is 5.32 Å². The Labute approximate surface area is 142 Å². The van der Waals surface area contributed by atoms with Gasteiger partial charge < -0.3 is 9.84 Å². The Morgan fingerprint density at radius 3 is 2.78 bits per heavy atom. The standard InChI is InChI=1S/C14H16BrN3O4S/c1-9(14-17-10(2)18-22-14)16-13(19)8-23(20,21)7-11-4-3-5-12(15)6-11/h3-6,9H,7-8H2,1-2H3,(H,16,19). The zero-order valence-corrected chi connectivity index (χ0v) is 15.0. The van der Waals surface area contributed by atoms with E-state index in [0.29, 0.717) is 11.4 Å². The van der Waals surface area contributed by atoms with Crippen LogP contribution in [0.4, 0.5) is 0 Å². The van der Waals surface area contributed by atoms with Gasteiger partial charge in [-0.2, -0.15) is 4.98 Å². The Morgan fingerprint density at radius 1 is 1.43 bits per heavy atom. The second-order valence-corrected chi connectivity index (χ2v) is 8.11. The van der Waals surface area contributed by atoms with Crippen LogP contribution in [0.15, 0.2) is 33.3 Å². The number of hydrogen-bond donors (Lipinski definition) is 1. The molecule has 1 atom stereocenters. The van der Waals surface area contributed by atoms with Gasteiger partial charge in [0.25, 0.3) is 0 Å². The van der Waals surface area contributed by atoms with Crippen LogP contribution >= 0.6 is 15.9 Å². The molecule has 1 unspecified atom stereocenters. The lowest BCUT2D eigenvalue weighted by Crippen LogP contribution is -2.33. The number of nitrogens with one attached hydrogen (secondary N) is 1. The van der Waals surface area contributed by atoms with Gasteiger partial charge in [0.1, 0.15) is 11.8 Å². The van der Waals surface area contributed by atoms with Gasteiger partial charge in [0.15, 0.2) is 15.7 Å². The van der Waals surface area contributed by atoms with E-state index in [9.17, 15) is 13.2 Å². The van der Waals surface area contributed by atoms with Gasteiger partial charge in [-0.15, -0.1) is 0 Å². The molecule has 0 aliphatic rings. The van der Waals surface area contributed by atoms with E-state index in [1.54, 1.807) is 38.1 Å². The summed E-state index contributed by atoms with van der Waals surface area (Å²) < 4.78 is 30.0. The third kappa shape index (κ3) is 5.43. The van der Waals surface area contributed by atoms with Crippen molar-refractivity contribution in [1.29, 1.82) is 0 Å². The first-order valence-corrected chi connectivity index (χ1v) is 9.41. The molecule has 0 saturated heterocycles. The summed E-state index contributed by atoms with van der Waals surface area (Å²) in [7, 11) is -3.57. The van der Waals surface area contributed by atoms with Gasteiger partial charge in [-0.1, -0.05) is 33.2 Å². The number of aromatic nitrogens is 2. The monoisotopic (exact) mass is 401 g/mol. The van der Waals surface area contributed by atoms with E-state index in [1.807, 2.05) is 0 Å². The quantitative estimate of drug-likeness (QED) is 0.792. The molecular weight excluding hydrogens is 386 g/mol. The minimum atomic E-state index is -3.57. The van der Waals surface area contributed by atoms with E-state index in [-0.39, 0.29) is 11.6 Å². The highest BCUT2D eigenvalue weighted by atomic mass is 79.9. The zero-order valence-electron chi connectivity index (χ0n) is 12.6. The fraction of sp³-hybridized carbons (Fsp3) is 0.357. The van der Waals surface area contributed by atoms with E-state index < -0.39 is 27.5 Å². The third-order valence-corrected chi connectivity index (χ3v) is 4.89. The van der Waals surface area contributed by atoms with E-state index in [2.05, 4.69) is 31.4 Å². The maximum Gasteiger partial charge on any atom is 0.248 e. The van der Waals surface area contributed by atoms with Crippen LogP contribution in [-0.4, -0.2) is 30.2 Å². The SMILES string of the molecule is Cc1noc(C(C)NC(=O)CS(=O)(=O)Cc2cccc(Br)c2)n1. The first-order chi connectivity index (χ1) is 10.7. The molecular formula is C14H16BrN3O4S. The van der Waals surface area contributed by atoms with E-state index in [1.165, 1.54) is 0 Å². The normalized spacial score (nSPS) is 12.8. The van der Waals surface area contributed by atoms with Crippen molar-refractivity contribution in [1.82, 2.24) is 15.5 Å². The summed E-state index contributed by atoms with van der Waals surface area (Å²) in [5.74, 6) is -0.725. The number of sulfone groups is 1. The molecule has 2 aromatic rings. The van der Waals surface area contributed by atoms with Crippen molar-refractivity contribution < 1.29 is 17.7 Å². The number of nitrogens with zero attached hydrogens (tertiary/aromatic N) is 2. The van der Waals surface area contributed by atoms with Crippen LogP contribution in [0.5, 0.6) is 0 Å². The summed E-state index contributed by atoms with van der Waals surface area (Å²) >= 11 is 3.28. The lowest BCUT2D eigenvalue weighted by Gasteiger charge is -2.10. The molecule has 7 nitrogen and oxygen atoms in total. The summed E-state index contributed by atoms with van der Waals surface area (Å²) in [5, 5.41) is 6.16. The smallest absolute Gasteiger partial charge is 0.248 e. The predicted molar refractivity (Wildman–Crippen MR) is 87.2 cm³/mol. The second kappa shape index (κ2) is 7.22. The summed E-state index contributed by atoms with van der Waals surface area (Å²) in [4.78, 5) is 15.9. The van der Waals surface area contributed by atoms with Crippen LogP contribution in [0.1, 0.15) is 30.2 Å². The Hall–Kier alpha value is -1.74. The zero-order chi connectivity index (χ0) is 17.0. The molecule has 1 aromatic heterocycles. The van der Waals surface area contributed by atoms with Gasteiger partial charge in [-0.25, -0.2) is 8.42 Å². The number of hydrogen-bond acceptors (Lipinski definition) is 6. The summed E-state index contributed by atoms with van der Waals surface area (Å²) in [5.41, 5.74) is 0.618. The molecule has 1 N–H and O–H groups in total. The average molecular weight is 402 g/mol. The maximum atomic E-state index is 12.1. The second-order valence-electron chi connectivity index (χ2n) is 5.13. The molecule has 0 radical (unpaired) electrons. The highest BCUT2D eigenvalue weighted by Gasteiger charge is 2.21. The minimum absolute atomic E-state index is 0.200. The van der Waals surface area contributed by atoms with Crippen molar-refractivity contribution >= 4 is 31.7 Å². The molecule has 1 heterocycles. The predicted octanol–water partition coefficient (Wildman–Crippen LogP) is 1.93. The number of carbonyl (C=O) groups is 1. The molecule has 9 heteroatoms. The van der Waals surface area contributed by atoms with Gasteiger partial charge in [-0.3, -0.25) is 4.79 Å². The fourth-order valence-corrected chi connectivity index (χ4v) is 3.68. The van der Waals surface area contributed by atoms with Crippen LogP contribution in [0.25, 0.3) is 0 Å². The van der Waals surface area contributed by atoms with Gasteiger partial charge in [0, 0.05) is 4.47 Å². The molecule has 0 aliphatic heterocycles. The van der Waals surface area contributed by atoms with Crippen LogP contribution in [0.3, 0.4) is 0 Å². The topological polar surface area (TPSA) is 102 Å². The van der Waals surface area contributed by atoms with Gasteiger partial charge >= 0.3 is 0 Å². The number of aryl methyl sites for hydroxylation is 1. The highest BCUT2D eigenvalue weighted by molar-refractivity contribution is 9.10. The van der Waals surface area contributed by atoms with Gasteiger partial charge in [0.2, 0.25) is 11.8 Å². The average Bonchev–Trinajstić information content (AvgIpc) is 2.84. The molecule has 1 aromatic carbocycles. The number of carbonyl (C=O) groups excluding carboxylic acids is 1. The van der Waals surface area contributed by atoms with E-state index >= 15 is 0 Å². The fourth-order valence-electron chi connectivity index (χ4n) is 1.97. The van der Waals surface area contributed by atoms with Crippen molar-refractivity contribution in [2.45, 2.75) is 25.6 Å². The number of rotatable bonds is 6. The van der Waals surface area contributed by atoms with Crippen LogP contribution in [0.2, 0.25) is 0 Å². The molecule has 0 saturated carbocycles. The molecule has 1 amide bonds. The van der Waals surface area contributed by atoms with Gasteiger partial charge in [0.05, 0.1) is 5.75 Å². The van der Waals surface area contributed by atoms with Crippen LogP contribution in [-0.2, 0) is 20.4 Å². The Morgan fingerprint density at radius 2 is 2.17 bits per heavy atom. The van der Waals surface area contributed by atoms with Crippen molar-refractivity contribution in [3.8, 4) is 0 Å². The Bertz CT molecular complexity index is 804. The lowest BCUT2D eigenvalue weighted by atomic mass is 10.2. The van der Waals surface area contributed by atoms with Crippen molar-refractivity contribution in [2.24, 2.45) is 0 Å². The molecule has 0 aliphatic carbocycles. The summed E-state index contributed by atoms with van der Waals surface area (Å²) in [6.07, 6.45) is 0. The Balaban J connectivity index is 1.95. The first-order valence-electron chi connectivity index (χ1n) is 6.79. The molecule has 2 rings (SSSR count). The van der Waals surface area contributed by atoms with Crippen molar-refractivity contribution in [2.75, 3.05) is 5.75 Å². The lowest BCUT2D eigenvalue weighted by molar-refractivity contribution is -0.119. The van der Waals surface area contributed by atoms with Gasteiger partial charge in [-0.05, 0) is 31.5 Å². The van der Waals surface area contributed by atoms with E-state index in [0.717, 1.165) is 4.47 Å². The summed E-state index contributed by atoms with van der Waals surface area (Å²) in [6.45, 7) is 3.30. The molecule has 0 fully saturated rings. The summed E-state index contributed by atoms with van der Waals surface area (Å²) in [6, 6.07) is 6.40. The van der Waals surface area contributed by atoms with Crippen LogP contribution in [0, 0.1) is 6.92 Å². The molecule has 0 bridgehead atoms.